The molecule has 4 nitrogen and oxygen atoms in total. The number of imidazole rings is 1. The third kappa shape index (κ3) is 3.31. The summed E-state index contributed by atoms with van der Waals surface area (Å²) in [7, 11) is 0. The van der Waals surface area contributed by atoms with Crippen LogP contribution in [0.15, 0.2) is 78.3 Å². The van der Waals surface area contributed by atoms with Gasteiger partial charge < -0.3 is 5.32 Å². The Kier molecular flexibility index (Phi) is 4.44. The van der Waals surface area contributed by atoms with E-state index in [0.717, 1.165) is 34.0 Å². The van der Waals surface area contributed by atoms with Crippen LogP contribution in [-0.2, 0) is 17.6 Å². The second kappa shape index (κ2) is 7.46. The van der Waals surface area contributed by atoms with Gasteiger partial charge in [-0.05, 0) is 47.7 Å². The van der Waals surface area contributed by atoms with Crippen LogP contribution in [0.2, 0.25) is 0 Å². The van der Waals surface area contributed by atoms with Gasteiger partial charge in [0.25, 0.3) is 0 Å². The van der Waals surface area contributed by atoms with Crippen LogP contribution in [0.4, 0.5) is 5.69 Å². The zero-order chi connectivity index (χ0) is 21.7. The first kappa shape index (κ1) is 19.0. The molecule has 0 unspecified atom stereocenters. The maximum atomic E-state index is 12.8. The summed E-state index contributed by atoms with van der Waals surface area (Å²) in [6.07, 6.45) is 3.24. The van der Waals surface area contributed by atoms with Crippen LogP contribution in [0, 0.1) is 6.92 Å². The van der Waals surface area contributed by atoms with Gasteiger partial charge in [0.2, 0.25) is 5.91 Å². The van der Waals surface area contributed by atoms with Crippen molar-refractivity contribution in [2.45, 2.75) is 19.8 Å². The standard InChI is InChI=1S/C27H21N3OS/c1-17-6-8-18(9-7-17)25-15-30-22(16-32-27(30)29-25)14-26(31)28-21-10-11-24-20(13-21)12-19-4-2-3-5-23(19)24/h2-11,13,15-16H,12,14H2,1H3,(H,28,31). The van der Waals surface area contributed by atoms with Crippen molar-refractivity contribution in [3.05, 3.63) is 101 Å². The van der Waals surface area contributed by atoms with Gasteiger partial charge in [-0.1, -0.05) is 60.2 Å². The fraction of sp³-hybridized carbons (Fsp3) is 0.111. The Hall–Kier alpha value is -3.70. The number of thiazole rings is 1. The Balaban J connectivity index is 1.20. The van der Waals surface area contributed by atoms with Crippen molar-refractivity contribution in [3.63, 3.8) is 0 Å². The van der Waals surface area contributed by atoms with E-state index in [1.54, 1.807) is 11.3 Å². The molecular weight excluding hydrogens is 414 g/mol. The highest BCUT2D eigenvalue weighted by molar-refractivity contribution is 7.15. The topological polar surface area (TPSA) is 46.4 Å². The molecule has 0 radical (unpaired) electrons. The fourth-order valence-corrected chi connectivity index (χ4v) is 5.29. The molecule has 0 aliphatic heterocycles. The number of rotatable bonds is 4. The first-order valence-electron chi connectivity index (χ1n) is 10.7. The average molecular weight is 436 g/mol. The smallest absolute Gasteiger partial charge is 0.230 e. The summed E-state index contributed by atoms with van der Waals surface area (Å²) in [6.45, 7) is 2.08. The number of aryl methyl sites for hydroxylation is 1. The highest BCUT2D eigenvalue weighted by atomic mass is 32.1. The highest BCUT2D eigenvalue weighted by Gasteiger charge is 2.19. The van der Waals surface area contributed by atoms with Gasteiger partial charge in [0.15, 0.2) is 4.96 Å². The zero-order valence-electron chi connectivity index (χ0n) is 17.6. The van der Waals surface area contributed by atoms with E-state index < -0.39 is 0 Å². The molecule has 0 saturated heterocycles. The van der Waals surface area contributed by atoms with Crippen molar-refractivity contribution in [1.29, 1.82) is 0 Å². The number of amides is 1. The molecule has 0 saturated carbocycles. The molecule has 5 aromatic rings. The lowest BCUT2D eigenvalue weighted by atomic mass is 10.1. The molecule has 1 amide bonds. The Labute approximate surface area is 190 Å². The van der Waals surface area contributed by atoms with E-state index in [9.17, 15) is 4.79 Å². The van der Waals surface area contributed by atoms with Crippen LogP contribution < -0.4 is 5.32 Å². The SMILES string of the molecule is Cc1ccc(-c2cn3c(CC(=O)Nc4ccc5c(c4)Cc4ccccc4-5)csc3n2)cc1. The minimum atomic E-state index is -0.0225. The monoisotopic (exact) mass is 435 g/mol. The molecule has 0 fully saturated rings. The van der Waals surface area contributed by atoms with E-state index in [1.807, 2.05) is 22.0 Å². The van der Waals surface area contributed by atoms with Crippen LogP contribution >= 0.6 is 11.3 Å². The van der Waals surface area contributed by atoms with E-state index >= 15 is 0 Å². The summed E-state index contributed by atoms with van der Waals surface area (Å²) in [5.74, 6) is -0.0225. The van der Waals surface area contributed by atoms with Gasteiger partial charge in [0.05, 0.1) is 12.1 Å². The number of anilines is 1. The molecule has 32 heavy (non-hydrogen) atoms. The number of fused-ring (bicyclic) bond motifs is 4. The minimum Gasteiger partial charge on any atom is -0.326 e. The molecular formula is C27H21N3OS. The lowest BCUT2D eigenvalue weighted by Gasteiger charge is -2.08. The van der Waals surface area contributed by atoms with Gasteiger partial charge in [-0.25, -0.2) is 4.98 Å². The Morgan fingerprint density at radius 2 is 1.84 bits per heavy atom. The number of carbonyl (C=O) groups excluding carboxylic acids is 1. The Morgan fingerprint density at radius 3 is 2.72 bits per heavy atom. The summed E-state index contributed by atoms with van der Waals surface area (Å²) in [5.41, 5.74) is 10.2. The second-order valence-electron chi connectivity index (χ2n) is 8.30. The predicted octanol–water partition coefficient (Wildman–Crippen LogP) is 6.12. The number of benzene rings is 3. The van der Waals surface area contributed by atoms with Crippen LogP contribution in [0.1, 0.15) is 22.4 Å². The number of nitrogens with zero attached hydrogens (tertiary/aromatic N) is 2. The molecule has 0 bridgehead atoms. The van der Waals surface area contributed by atoms with E-state index in [1.165, 1.54) is 27.8 Å². The number of hydrogen-bond acceptors (Lipinski definition) is 3. The molecule has 5 heteroatoms. The second-order valence-corrected chi connectivity index (χ2v) is 9.14. The molecule has 1 aliphatic rings. The van der Waals surface area contributed by atoms with Gasteiger partial charge in [0.1, 0.15) is 0 Å². The van der Waals surface area contributed by atoms with Crippen molar-refractivity contribution in [3.8, 4) is 22.4 Å². The number of hydrogen-bond donors (Lipinski definition) is 1. The van der Waals surface area contributed by atoms with Gasteiger partial charge in [-0.2, -0.15) is 0 Å². The fourth-order valence-electron chi connectivity index (χ4n) is 4.41. The van der Waals surface area contributed by atoms with E-state index in [-0.39, 0.29) is 5.91 Å². The summed E-state index contributed by atoms with van der Waals surface area (Å²) in [6, 6.07) is 23.0. The molecule has 2 aromatic heterocycles. The van der Waals surface area contributed by atoms with Gasteiger partial charge in [-0.3, -0.25) is 9.20 Å². The summed E-state index contributed by atoms with van der Waals surface area (Å²) >= 11 is 1.56. The maximum Gasteiger partial charge on any atom is 0.230 e. The van der Waals surface area contributed by atoms with Crippen molar-refractivity contribution >= 4 is 27.9 Å². The van der Waals surface area contributed by atoms with Crippen molar-refractivity contribution < 1.29 is 4.79 Å². The molecule has 2 heterocycles. The molecule has 1 aliphatic carbocycles. The third-order valence-corrected chi connectivity index (χ3v) is 6.94. The largest absolute Gasteiger partial charge is 0.326 e. The summed E-state index contributed by atoms with van der Waals surface area (Å²) in [5, 5.41) is 5.09. The van der Waals surface area contributed by atoms with Gasteiger partial charge in [0, 0.05) is 28.5 Å². The Morgan fingerprint density at radius 1 is 1.03 bits per heavy atom. The number of aromatic nitrogens is 2. The molecule has 0 atom stereocenters. The van der Waals surface area contributed by atoms with Crippen molar-refractivity contribution in [2.75, 3.05) is 5.32 Å². The van der Waals surface area contributed by atoms with Gasteiger partial charge >= 0.3 is 0 Å². The summed E-state index contributed by atoms with van der Waals surface area (Å²) in [4.78, 5) is 18.5. The van der Waals surface area contributed by atoms with Crippen LogP contribution in [0.5, 0.6) is 0 Å². The van der Waals surface area contributed by atoms with E-state index in [2.05, 4.69) is 72.9 Å². The first-order chi connectivity index (χ1) is 15.6. The molecule has 1 N–H and O–H groups in total. The van der Waals surface area contributed by atoms with Crippen LogP contribution in [0.25, 0.3) is 27.3 Å². The number of nitrogens with one attached hydrogen (secondary N) is 1. The quantitative estimate of drug-likeness (QED) is 0.362. The molecule has 156 valence electrons. The van der Waals surface area contributed by atoms with Crippen LogP contribution in [-0.4, -0.2) is 15.3 Å². The van der Waals surface area contributed by atoms with Crippen LogP contribution in [0.3, 0.4) is 0 Å². The predicted molar refractivity (Wildman–Crippen MR) is 130 cm³/mol. The highest BCUT2D eigenvalue weighted by Crippen LogP contribution is 2.37. The lowest BCUT2D eigenvalue weighted by Crippen LogP contribution is -2.15. The molecule has 0 spiro atoms. The van der Waals surface area contributed by atoms with Crippen molar-refractivity contribution in [2.24, 2.45) is 0 Å². The number of carbonyl (C=O) groups is 1. The third-order valence-electron chi connectivity index (χ3n) is 6.05. The Bertz CT molecular complexity index is 1480. The van der Waals surface area contributed by atoms with E-state index in [0.29, 0.717) is 6.42 Å². The first-order valence-corrected chi connectivity index (χ1v) is 11.6. The normalized spacial score (nSPS) is 12.0. The minimum absolute atomic E-state index is 0.0225. The zero-order valence-corrected chi connectivity index (χ0v) is 18.4. The van der Waals surface area contributed by atoms with Crippen molar-refractivity contribution in [1.82, 2.24) is 9.38 Å². The lowest BCUT2D eigenvalue weighted by molar-refractivity contribution is -0.115. The molecule has 6 rings (SSSR count). The average Bonchev–Trinajstić information content (AvgIpc) is 3.47. The summed E-state index contributed by atoms with van der Waals surface area (Å²) < 4.78 is 2.03. The molecule has 3 aromatic carbocycles. The van der Waals surface area contributed by atoms with E-state index in [4.69, 9.17) is 4.98 Å². The van der Waals surface area contributed by atoms with Gasteiger partial charge in [-0.15, -0.1) is 11.3 Å². The maximum absolute atomic E-state index is 12.8.